The molecule has 1 N–H and O–H groups in total. The molecule has 1 aliphatic rings. The van der Waals surface area contributed by atoms with Crippen molar-refractivity contribution in [2.24, 2.45) is 0 Å². The van der Waals surface area contributed by atoms with E-state index in [-0.39, 0.29) is 11.9 Å². The zero-order valence-electron chi connectivity index (χ0n) is 15.5. The Balaban J connectivity index is 1.35. The van der Waals surface area contributed by atoms with Gasteiger partial charge in [0.25, 0.3) is 0 Å². The summed E-state index contributed by atoms with van der Waals surface area (Å²) in [7, 11) is 0. The molecule has 4 aromatic rings. The highest BCUT2D eigenvalue weighted by Crippen LogP contribution is 2.37. The third-order valence-electron chi connectivity index (χ3n) is 5.04. The number of imidazole rings is 1. The van der Waals surface area contributed by atoms with Crippen LogP contribution in [0.4, 0.5) is 0 Å². The van der Waals surface area contributed by atoms with Gasteiger partial charge in [-0.05, 0) is 30.2 Å². The molecule has 2 aromatic carbocycles. The first-order valence-corrected chi connectivity index (χ1v) is 11.6. The van der Waals surface area contributed by atoms with Crippen molar-refractivity contribution >= 4 is 45.6 Å². The van der Waals surface area contributed by atoms with Crippen LogP contribution in [0, 0.1) is 0 Å². The average Bonchev–Trinajstić information content (AvgIpc) is 3.31. The van der Waals surface area contributed by atoms with Crippen molar-refractivity contribution in [1.29, 1.82) is 0 Å². The second kappa shape index (κ2) is 7.86. The van der Waals surface area contributed by atoms with Gasteiger partial charge in [-0.1, -0.05) is 41.9 Å². The van der Waals surface area contributed by atoms with E-state index in [1.165, 1.54) is 4.90 Å². The fourth-order valence-corrected chi connectivity index (χ4v) is 5.79. The molecule has 0 radical (unpaired) electrons. The summed E-state index contributed by atoms with van der Waals surface area (Å²) in [5, 5.41) is 5.92. The standard InChI is InChI=1S/C22H18ClN3OS2/c23-15-6-7-20-17(10-15)18(8-9-28-20)24-21(27)11-16-13-29-22-25-19(12-26(16)22)14-4-2-1-3-5-14/h1-7,10,12-13,18H,8-9,11H2,(H,24,27). The molecule has 1 unspecified atom stereocenters. The van der Waals surface area contributed by atoms with E-state index in [1.807, 2.05) is 76.3 Å². The van der Waals surface area contributed by atoms with Crippen LogP contribution in [0.2, 0.25) is 5.02 Å². The Bertz CT molecular complexity index is 1190. The van der Waals surface area contributed by atoms with Gasteiger partial charge in [0.15, 0.2) is 4.96 Å². The van der Waals surface area contributed by atoms with Crippen molar-refractivity contribution in [3.05, 3.63) is 76.4 Å². The van der Waals surface area contributed by atoms with E-state index in [4.69, 9.17) is 16.6 Å². The van der Waals surface area contributed by atoms with Crippen LogP contribution in [0.25, 0.3) is 16.2 Å². The van der Waals surface area contributed by atoms with Crippen molar-refractivity contribution in [3.8, 4) is 11.3 Å². The molecule has 29 heavy (non-hydrogen) atoms. The van der Waals surface area contributed by atoms with Gasteiger partial charge in [0.1, 0.15) is 0 Å². The molecule has 3 heterocycles. The van der Waals surface area contributed by atoms with Crippen LogP contribution in [-0.2, 0) is 11.2 Å². The number of hydrogen-bond donors (Lipinski definition) is 1. The van der Waals surface area contributed by atoms with E-state index >= 15 is 0 Å². The van der Waals surface area contributed by atoms with Crippen LogP contribution in [0.5, 0.6) is 0 Å². The topological polar surface area (TPSA) is 46.4 Å². The van der Waals surface area contributed by atoms with Crippen LogP contribution in [0.15, 0.2) is 65.0 Å². The number of fused-ring (bicyclic) bond motifs is 2. The molecule has 146 valence electrons. The Morgan fingerprint density at radius 2 is 2.10 bits per heavy atom. The number of halogens is 1. The second-order valence-electron chi connectivity index (χ2n) is 6.99. The minimum Gasteiger partial charge on any atom is -0.349 e. The van der Waals surface area contributed by atoms with Crippen LogP contribution >= 0.6 is 34.7 Å². The SMILES string of the molecule is O=C(Cc1csc2nc(-c3ccccc3)cn12)NC1CCSc2ccc(Cl)cc21. The lowest BCUT2D eigenvalue weighted by molar-refractivity contribution is -0.121. The molecule has 1 atom stereocenters. The summed E-state index contributed by atoms with van der Waals surface area (Å²) in [5.41, 5.74) is 4.07. The monoisotopic (exact) mass is 439 g/mol. The maximum atomic E-state index is 12.8. The number of hydrogen-bond acceptors (Lipinski definition) is 4. The largest absolute Gasteiger partial charge is 0.349 e. The molecule has 0 aliphatic carbocycles. The lowest BCUT2D eigenvalue weighted by Gasteiger charge is -2.26. The first-order chi connectivity index (χ1) is 14.2. The molecule has 0 saturated carbocycles. The summed E-state index contributed by atoms with van der Waals surface area (Å²) in [6, 6.07) is 16.0. The van der Waals surface area contributed by atoms with Crippen LogP contribution < -0.4 is 5.32 Å². The third-order valence-corrected chi connectivity index (χ3v) is 7.29. The molecule has 7 heteroatoms. The lowest BCUT2D eigenvalue weighted by atomic mass is 10.0. The van der Waals surface area contributed by atoms with Crippen molar-refractivity contribution in [3.63, 3.8) is 0 Å². The number of thiazole rings is 1. The van der Waals surface area contributed by atoms with E-state index in [9.17, 15) is 4.79 Å². The molecule has 0 spiro atoms. The number of carbonyl (C=O) groups excluding carboxylic acids is 1. The highest BCUT2D eigenvalue weighted by Gasteiger charge is 2.23. The van der Waals surface area contributed by atoms with Gasteiger partial charge in [-0.2, -0.15) is 0 Å². The Labute approximate surface area is 181 Å². The van der Waals surface area contributed by atoms with Crippen LogP contribution in [0.1, 0.15) is 23.7 Å². The molecule has 5 rings (SSSR count). The summed E-state index contributed by atoms with van der Waals surface area (Å²) >= 11 is 9.56. The van der Waals surface area contributed by atoms with Gasteiger partial charge >= 0.3 is 0 Å². The fraction of sp³-hybridized carbons (Fsp3) is 0.182. The molecule has 0 bridgehead atoms. The van der Waals surface area contributed by atoms with E-state index < -0.39 is 0 Å². The molecule has 1 amide bonds. The molecule has 0 fully saturated rings. The lowest BCUT2D eigenvalue weighted by Crippen LogP contribution is -2.32. The average molecular weight is 440 g/mol. The highest BCUT2D eigenvalue weighted by molar-refractivity contribution is 7.99. The number of nitrogens with zero attached hydrogens (tertiary/aromatic N) is 2. The predicted octanol–water partition coefficient (Wildman–Crippen LogP) is 5.61. The summed E-state index contributed by atoms with van der Waals surface area (Å²) in [6.45, 7) is 0. The number of rotatable bonds is 4. The van der Waals surface area contributed by atoms with Crippen molar-refractivity contribution in [2.75, 3.05) is 5.75 Å². The summed E-state index contributed by atoms with van der Waals surface area (Å²) in [5.74, 6) is 1.01. The maximum absolute atomic E-state index is 12.8. The molecular formula is C22H18ClN3OS2. The number of thioether (sulfide) groups is 1. The Hall–Kier alpha value is -2.28. The molecule has 2 aromatic heterocycles. The quantitative estimate of drug-likeness (QED) is 0.449. The number of benzene rings is 2. The molecule has 1 aliphatic heterocycles. The first-order valence-electron chi connectivity index (χ1n) is 9.40. The smallest absolute Gasteiger partial charge is 0.226 e. The van der Waals surface area contributed by atoms with Gasteiger partial charge in [-0.3, -0.25) is 9.20 Å². The van der Waals surface area contributed by atoms with Crippen molar-refractivity contribution in [2.45, 2.75) is 23.8 Å². The number of aromatic nitrogens is 2. The van der Waals surface area contributed by atoms with Crippen molar-refractivity contribution < 1.29 is 4.79 Å². The van der Waals surface area contributed by atoms with Gasteiger partial charge in [0.2, 0.25) is 5.91 Å². The zero-order chi connectivity index (χ0) is 19.8. The van der Waals surface area contributed by atoms with Gasteiger partial charge in [0, 0.05) is 38.5 Å². The normalized spacial score (nSPS) is 16.0. The number of nitrogens with one attached hydrogen (secondary N) is 1. The van der Waals surface area contributed by atoms with Crippen LogP contribution in [-0.4, -0.2) is 21.0 Å². The Morgan fingerprint density at radius 3 is 2.97 bits per heavy atom. The molecular weight excluding hydrogens is 422 g/mol. The van der Waals surface area contributed by atoms with Gasteiger partial charge in [0.05, 0.1) is 18.2 Å². The number of carbonyl (C=O) groups is 1. The fourth-order valence-electron chi connectivity index (χ4n) is 3.63. The number of amides is 1. The van der Waals surface area contributed by atoms with E-state index in [2.05, 4.69) is 5.32 Å². The Kier molecular flexibility index (Phi) is 5.08. The predicted molar refractivity (Wildman–Crippen MR) is 120 cm³/mol. The minimum atomic E-state index is 0.00856. The minimum absolute atomic E-state index is 0.00856. The summed E-state index contributed by atoms with van der Waals surface area (Å²) in [6.07, 6.45) is 3.24. The Morgan fingerprint density at radius 1 is 1.24 bits per heavy atom. The first kappa shape index (κ1) is 18.7. The van der Waals surface area contributed by atoms with E-state index in [1.54, 1.807) is 11.3 Å². The van der Waals surface area contributed by atoms with Gasteiger partial charge in [-0.25, -0.2) is 4.98 Å². The highest BCUT2D eigenvalue weighted by atomic mass is 35.5. The van der Waals surface area contributed by atoms with E-state index in [0.717, 1.165) is 39.6 Å². The van der Waals surface area contributed by atoms with Gasteiger partial charge < -0.3 is 5.32 Å². The molecule has 0 saturated heterocycles. The summed E-state index contributed by atoms with van der Waals surface area (Å²) in [4.78, 5) is 19.6. The maximum Gasteiger partial charge on any atom is 0.226 e. The van der Waals surface area contributed by atoms with Crippen LogP contribution in [0.3, 0.4) is 0 Å². The third kappa shape index (κ3) is 3.80. The van der Waals surface area contributed by atoms with E-state index in [0.29, 0.717) is 11.4 Å². The van der Waals surface area contributed by atoms with Crippen molar-refractivity contribution in [1.82, 2.24) is 14.7 Å². The molecule has 4 nitrogen and oxygen atoms in total. The zero-order valence-corrected chi connectivity index (χ0v) is 17.9. The summed E-state index contributed by atoms with van der Waals surface area (Å²) < 4.78 is 2.02. The second-order valence-corrected chi connectivity index (χ2v) is 9.40. The van der Waals surface area contributed by atoms with Gasteiger partial charge in [-0.15, -0.1) is 23.1 Å².